The number of nitro groups is 1. The van der Waals surface area contributed by atoms with Crippen LogP contribution in [0.1, 0.15) is 16.7 Å². The molecule has 0 fully saturated rings. The highest BCUT2D eigenvalue weighted by atomic mass is 35.5. The SMILES string of the molecule is COc1ccc(/C=C2/N=C(c3ccc(Cl)c([N+](=O)[O-])c3)OC2=O)cc1OCc1ccccc1F. The molecule has 1 aliphatic heterocycles. The molecule has 0 spiro atoms. The second-order valence-corrected chi connectivity index (χ2v) is 7.46. The largest absolute Gasteiger partial charge is 0.493 e. The molecule has 10 heteroatoms. The van der Waals surface area contributed by atoms with Crippen LogP contribution in [0.15, 0.2) is 71.4 Å². The molecule has 1 aliphatic rings. The van der Waals surface area contributed by atoms with Gasteiger partial charge >= 0.3 is 5.97 Å². The maximum atomic E-state index is 13.9. The van der Waals surface area contributed by atoms with Gasteiger partial charge in [0.25, 0.3) is 5.69 Å². The first-order chi connectivity index (χ1) is 16.4. The first-order valence-electron chi connectivity index (χ1n) is 9.87. The molecule has 3 aromatic carbocycles. The summed E-state index contributed by atoms with van der Waals surface area (Å²) in [4.78, 5) is 27.0. The third-order valence-electron chi connectivity index (χ3n) is 4.84. The summed E-state index contributed by atoms with van der Waals surface area (Å²) >= 11 is 5.83. The number of cyclic esters (lactones) is 1. The van der Waals surface area contributed by atoms with Crippen LogP contribution in [0.3, 0.4) is 0 Å². The van der Waals surface area contributed by atoms with E-state index in [9.17, 15) is 19.3 Å². The van der Waals surface area contributed by atoms with E-state index in [1.54, 1.807) is 36.4 Å². The summed E-state index contributed by atoms with van der Waals surface area (Å²) < 4.78 is 30.1. The van der Waals surface area contributed by atoms with Crippen molar-refractivity contribution in [3.05, 3.63) is 104 Å². The molecule has 0 N–H and O–H groups in total. The second kappa shape index (κ2) is 9.72. The van der Waals surface area contributed by atoms with Crippen molar-refractivity contribution in [2.75, 3.05) is 7.11 Å². The molecule has 0 bridgehead atoms. The van der Waals surface area contributed by atoms with Crippen LogP contribution in [-0.4, -0.2) is 23.9 Å². The Hall–Kier alpha value is -4.24. The van der Waals surface area contributed by atoms with E-state index in [1.165, 1.54) is 37.5 Å². The monoisotopic (exact) mass is 482 g/mol. The van der Waals surface area contributed by atoms with Gasteiger partial charge in [0.15, 0.2) is 17.2 Å². The highest BCUT2D eigenvalue weighted by Crippen LogP contribution is 2.31. The number of ether oxygens (including phenoxy) is 3. The lowest BCUT2D eigenvalue weighted by atomic mass is 10.1. The average molecular weight is 483 g/mol. The van der Waals surface area contributed by atoms with Crippen molar-refractivity contribution in [2.24, 2.45) is 4.99 Å². The van der Waals surface area contributed by atoms with Crippen LogP contribution in [-0.2, 0) is 16.1 Å². The Kier molecular flexibility index (Phi) is 6.55. The molecule has 4 rings (SSSR count). The summed E-state index contributed by atoms with van der Waals surface area (Å²) in [6.45, 7) is -0.0251. The molecular weight excluding hydrogens is 467 g/mol. The summed E-state index contributed by atoms with van der Waals surface area (Å²) in [5.74, 6) is -0.440. The maximum absolute atomic E-state index is 13.9. The van der Waals surface area contributed by atoms with E-state index >= 15 is 0 Å². The van der Waals surface area contributed by atoms with Crippen molar-refractivity contribution >= 4 is 35.2 Å². The van der Waals surface area contributed by atoms with Gasteiger partial charge in [-0.05, 0) is 42.0 Å². The van der Waals surface area contributed by atoms with Crippen LogP contribution in [0.5, 0.6) is 11.5 Å². The molecule has 0 aromatic heterocycles. The maximum Gasteiger partial charge on any atom is 0.363 e. The van der Waals surface area contributed by atoms with Crippen LogP contribution in [0.4, 0.5) is 10.1 Å². The smallest absolute Gasteiger partial charge is 0.363 e. The lowest BCUT2D eigenvalue weighted by molar-refractivity contribution is -0.384. The summed E-state index contributed by atoms with van der Waals surface area (Å²) in [7, 11) is 1.47. The van der Waals surface area contributed by atoms with Crippen LogP contribution in [0, 0.1) is 15.9 Å². The van der Waals surface area contributed by atoms with Crippen molar-refractivity contribution in [1.82, 2.24) is 0 Å². The van der Waals surface area contributed by atoms with Gasteiger partial charge in [0.1, 0.15) is 17.4 Å². The standard InChI is InChI=1S/C24H16ClFN2O6/c1-32-21-9-6-14(11-22(21)33-13-16-4-2-3-5-18(16)26)10-19-24(29)34-23(27-19)15-7-8-17(25)20(12-15)28(30)31/h2-12H,13H2,1H3/b19-10+. The number of nitrogens with zero attached hydrogens (tertiary/aromatic N) is 2. The fourth-order valence-electron chi connectivity index (χ4n) is 3.14. The minimum absolute atomic E-state index is 0.0159. The van der Waals surface area contributed by atoms with Crippen molar-refractivity contribution in [3.63, 3.8) is 0 Å². The molecule has 0 saturated carbocycles. The number of hydrogen-bond acceptors (Lipinski definition) is 7. The number of rotatable bonds is 7. The number of aliphatic imine (C=N–C) groups is 1. The highest BCUT2D eigenvalue weighted by Gasteiger charge is 2.26. The quantitative estimate of drug-likeness (QED) is 0.195. The average Bonchev–Trinajstić information content (AvgIpc) is 3.18. The predicted octanol–water partition coefficient (Wildman–Crippen LogP) is 5.32. The van der Waals surface area contributed by atoms with Crippen LogP contribution in [0.2, 0.25) is 5.02 Å². The van der Waals surface area contributed by atoms with E-state index in [0.29, 0.717) is 22.6 Å². The number of hydrogen-bond donors (Lipinski definition) is 0. The molecule has 0 saturated heterocycles. The summed E-state index contributed by atoms with van der Waals surface area (Å²) in [6.07, 6.45) is 1.47. The molecule has 0 unspecified atom stereocenters. The first-order valence-corrected chi connectivity index (χ1v) is 10.2. The summed E-state index contributed by atoms with van der Waals surface area (Å²) in [5, 5.41) is 11.1. The topological polar surface area (TPSA) is 100 Å². The van der Waals surface area contributed by atoms with E-state index in [2.05, 4.69) is 4.99 Å². The molecular formula is C24H16ClFN2O6. The number of halogens is 2. The number of benzene rings is 3. The minimum Gasteiger partial charge on any atom is -0.493 e. The molecule has 0 atom stereocenters. The zero-order valence-electron chi connectivity index (χ0n) is 17.7. The van der Waals surface area contributed by atoms with Gasteiger partial charge < -0.3 is 14.2 Å². The van der Waals surface area contributed by atoms with Gasteiger partial charge in [-0.2, -0.15) is 0 Å². The molecule has 172 valence electrons. The fourth-order valence-corrected chi connectivity index (χ4v) is 3.33. The number of carbonyl (C=O) groups excluding carboxylic acids is 1. The Balaban J connectivity index is 1.61. The Bertz CT molecular complexity index is 1360. The van der Waals surface area contributed by atoms with Crippen molar-refractivity contribution in [2.45, 2.75) is 6.61 Å². The minimum atomic E-state index is -0.725. The Morgan fingerprint density at radius 2 is 1.94 bits per heavy atom. The van der Waals surface area contributed by atoms with E-state index in [-0.39, 0.29) is 34.5 Å². The number of carbonyl (C=O) groups is 1. The normalized spacial score (nSPS) is 14.0. The van der Waals surface area contributed by atoms with E-state index < -0.39 is 16.7 Å². The van der Waals surface area contributed by atoms with Gasteiger partial charge in [-0.3, -0.25) is 10.1 Å². The molecule has 3 aromatic rings. The first kappa shape index (κ1) is 22.9. The van der Waals surface area contributed by atoms with Crippen LogP contribution < -0.4 is 9.47 Å². The molecule has 8 nitrogen and oxygen atoms in total. The zero-order valence-corrected chi connectivity index (χ0v) is 18.4. The van der Waals surface area contributed by atoms with Crippen LogP contribution >= 0.6 is 11.6 Å². The lowest BCUT2D eigenvalue weighted by Crippen LogP contribution is -2.06. The van der Waals surface area contributed by atoms with Gasteiger partial charge in [0.05, 0.1) is 12.0 Å². The Labute approximate surface area is 198 Å². The second-order valence-electron chi connectivity index (χ2n) is 7.05. The molecule has 34 heavy (non-hydrogen) atoms. The van der Waals surface area contributed by atoms with Gasteiger partial charge in [-0.1, -0.05) is 35.9 Å². The summed E-state index contributed by atoms with van der Waals surface area (Å²) in [6, 6.07) is 15.1. The summed E-state index contributed by atoms with van der Waals surface area (Å²) in [5.41, 5.74) is 0.804. The third kappa shape index (κ3) is 4.89. The zero-order chi connectivity index (χ0) is 24.2. The number of esters is 1. The van der Waals surface area contributed by atoms with Crippen molar-refractivity contribution < 1.29 is 28.3 Å². The number of methoxy groups -OCH3 is 1. The molecule has 0 aliphatic carbocycles. The highest BCUT2D eigenvalue weighted by molar-refractivity contribution is 6.32. The van der Waals surface area contributed by atoms with Gasteiger partial charge in [-0.15, -0.1) is 0 Å². The van der Waals surface area contributed by atoms with Crippen LogP contribution in [0.25, 0.3) is 6.08 Å². The van der Waals surface area contributed by atoms with Gasteiger partial charge in [-0.25, -0.2) is 14.2 Å². The fraction of sp³-hybridized carbons (Fsp3) is 0.0833. The van der Waals surface area contributed by atoms with Crippen molar-refractivity contribution in [1.29, 1.82) is 0 Å². The van der Waals surface area contributed by atoms with E-state index in [1.807, 2.05) is 0 Å². The molecule has 0 amide bonds. The Morgan fingerprint density at radius 1 is 1.15 bits per heavy atom. The van der Waals surface area contributed by atoms with Gasteiger partial charge in [0, 0.05) is 17.2 Å². The van der Waals surface area contributed by atoms with Crippen molar-refractivity contribution in [3.8, 4) is 11.5 Å². The Morgan fingerprint density at radius 3 is 2.68 bits per heavy atom. The van der Waals surface area contributed by atoms with Gasteiger partial charge in [0.2, 0.25) is 5.90 Å². The van der Waals surface area contributed by atoms with E-state index in [4.69, 9.17) is 25.8 Å². The van der Waals surface area contributed by atoms with E-state index in [0.717, 1.165) is 0 Å². The molecule has 0 radical (unpaired) electrons. The lowest BCUT2D eigenvalue weighted by Gasteiger charge is -2.12. The number of nitro benzene ring substituents is 1. The predicted molar refractivity (Wildman–Crippen MR) is 122 cm³/mol. The third-order valence-corrected chi connectivity index (χ3v) is 5.16. The molecule has 1 heterocycles.